The van der Waals surface area contributed by atoms with Crippen molar-refractivity contribution in [3.05, 3.63) is 101 Å². The van der Waals surface area contributed by atoms with Gasteiger partial charge in [-0.3, -0.25) is 14.6 Å². The maximum Gasteiger partial charge on any atom is 0.453 e. The molecular formula is C33H38Cl2F3N7O3. The molecule has 4 aromatic rings. The Morgan fingerprint density at radius 3 is 2.19 bits per heavy atom. The predicted octanol–water partition coefficient (Wildman–Crippen LogP) is 4.71. The zero-order valence-corrected chi connectivity index (χ0v) is 28.1. The van der Waals surface area contributed by atoms with Crippen LogP contribution in [0.15, 0.2) is 78.9 Å². The number of aromatic nitrogens is 4. The third kappa shape index (κ3) is 7.92. The molecule has 0 bridgehead atoms. The second-order valence-corrected chi connectivity index (χ2v) is 11.6. The van der Waals surface area contributed by atoms with E-state index >= 15 is 0 Å². The number of alkyl halides is 3. The molecule has 0 spiro atoms. The Morgan fingerprint density at radius 1 is 0.917 bits per heavy atom. The van der Waals surface area contributed by atoms with E-state index in [1.165, 1.54) is 24.3 Å². The zero-order chi connectivity index (χ0) is 32.3. The van der Waals surface area contributed by atoms with Crippen LogP contribution in [0, 0.1) is 0 Å². The van der Waals surface area contributed by atoms with Crippen molar-refractivity contribution in [2.75, 3.05) is 53.6 Å². The van der Waals surface area contributed by atoms with Crippen LogP contribution in [0.25, 0.3) is 5.69 Å². The first-order chi connectivity index (χ1) is 22.3. The number of halogens is 5. The van der Waals surface area contributed by atoms with Gasteiger partial charge in [-0.25, -0.2) is 0 Å². The lowest BCUT2D eigenvalue weighted by molar-refractivity contribution is -0.146. The second kappa shape index (κ2) is 16.1. The molecule has 2 fully saturated rings. The number of hydrogen-bond acceptors (Lipinski definition) is 8. The van der Waals surface area contributed by atoms with Crippen LogP contribution in [0.2, 0.25) is 0 Å². The summed E-state index contributed by atoms with van der Waals surface area (Å²) >= 11 is 0. The number of carbonyl (C=O) groups is 1. The van der Waals surface area contributed by atoms with E-state index in [0.29, 0.717) is 55.3 Å². The molecule has 2 saturated heterocycles. The number of fused-ring (bicyclic) bond motifs is 1. The van der Waals surface area contributed by atoms with Gasteiger partial charge in [-0.1, -0.05) is 60.7 Å². The molecule has 258 valence electrons. The summed E-state index contributed by atoms with van der Waals surface area (Å²) in [7, 11) is 3.06. The number of nitrogens with zero attached hydrogens (tertiary/aromatic N) is 7. The molecule has 10 nitrogen and oxygen atoms in total. The number of tetrazole rings is 1. The van der Waals surface area contributed by atoms with Crippen molar-refractivity contribution >= 4 is 30.7 Å². The number of piperazine rings is 2. The fraction of sp³-hybridized carbons (Fsp3) is 0.394. The lowest BCUT2D eigenvalue weighted by atomic mass is 9.81. The molecule has 0 radical (unpaired) electrons. The number of hydrogen-bond donors (Lipinski definition) is 0. The third-order valence-corrected chi connectivity index (χ3v) is 8.82. The zero-order valence-electron chi connectivity index (χ0n) is 26.5. The number of benzene rings is 3. The summed E-state index contributed by atoms with van der Waals surface area (Å²) in [5, 5.41) is 10.1. The molecule has 15 heteroatoms. The van der Waals surface area contributed by atoms with Crippen molar-refractivity contribution < 1.29 is 27.4 Å². The van der Waals surface area contributed by atoms with E-state index in [-0.39, 0.29) is 61.0 Å². The summed E-state index contributed by atoms with van der Waals surface area (Å²) in [5.74, 6) is -0.658. The molecule has 1 amide bonds. The average molecular weight is 709 g/mol. The Hall–Kier alpha value is -3.75. The summed E-state index contributed by atoms with van der Waals surface area (Å²) in [6, 6.07) is 25.7. The van der Waals surface area contributed by atoms with Crippen molar-refractivity contribution in [3.63, 3.8) is 0 Å². The average Bonchev–Trinajstić information content (AvgIpc) is 3.57. The van der Waals surface area contributed by atoms with Gasteiger partial charge in [0.05, 0.1) is 12.8 Å². The normalized spacial score (nSPS) is 18.5. The van der Waals surface area contributed by atoms with Gasteiger partial charge in [0.15, 0.2) is 0 Å². The van der Waals surface area contributed by atoms with Gasteiger partial charge in [-0.05, 0) is 39.8 Å². The lowest BCUT2D eigenvalue weighted by Gasteiger charge is -2.53. The van der Waals surface area contributed by atoms with Gasteiger partial charge in [0.25, 0.3) is 5.82 Å². The largest absolute Gasteiger partial charge is 0.496 e. The van der Waals surface area contributed by atoms with Crippen LogP contribution in [0.1, 0.15) is 28.4 Å². The summed E-state index contributed by atoms with van der Waals surface area (Å²) in [4.78, 5) is 19.6. The van der Waals surface area contributed by atoms with Gasteiger partial charge in [-0.15, -0.1) is 29.9 Å². The lowest BCUT2D eigenvalue weighted by Crippen LogP contribution is -2.67. The molecule has 0 aliphatic carbocycles. The minimum atomic E-state index is -4.72. The van der Waals surface area contributed by atoms with Crippen LogP contribution in [0.3, 0.4) is 0 Å². The Bertz CT molecular complexity index is 1590. The first-order valence-electron chi connectivity index (χ1n) is 15.1. The quantitative estimate of drug-likeness (QED) is 0.247. The highest BCUT2D eigenvalue weighted by atomic mass is 35.5. The van der Waals surface area contributed by atoms with Crippen LogP contribution in [0.5, 0.6) is 5.75 Å². The SMILES string of the molecule is COCC(=O)N1CCN2[C@H](CN(Cc3cc(-n4nnnc4C(F)(F)F)ccc3OC)C[C@H]2C(c2ccccc2)c2ccccc2)C1.Cl.Cl. The number of amides is 1. The molecule has 0 saturated carbocycles. The van der Waals surface area contributed by atoms with Crippen LogP contribution in [-0.2, 0) is 22.3 Å². The first-order valence-corrected chi connectivity index (χ1v) is 15.1. The van der Waals surface area contributed by atoms with Gasteiger partial charge in [-0.2, -0.15) is 17.9 Å². The molecular weight excluding hydrogens is 670 g/mol. The molecule has 48 heavy (non-hydrogen) atoms. The van der Waals surface area contributed by atoms with Gasteiger partial charge in [0, 0.05) is 69.9 Å². The van der Waals surface area contributed by atoms with Gasteiger partial charge < -0.3 is 14.4 Å². The molecule has 2 aliphatic rings. The van der Waals surface area contributed by atoms with Crippen molar-refractivity contribution in [2.45, 2.75) is 30.7 Å². The maximum absolute atomic E-state index is 13.6. The number of methoxy groups -OCH3 is 2. The molecule has 2 atom stereocenters. The molecule has 0 N–H and O–H groups in total. The number of carbonyl (C=O) groups excluding carboxylic acids is 1. The Labute approximate surface area is 289 Å². The summed E-state index contributed by atoms with van der Waals surface area (Å²) < 4.78 is 52.4. The maximum atomic E-state index is 13.6. The monoisotopic (exact) mass is 707 g/mol. The summed E-state index contributed by atoms with van der Waals surface area (Å²) in [6.45, 7) is 3.63. The molecule has 3 aromatic carbocycles. The van der Waals surface area contributed by atoms with Crippen molar-refractivity contribution in [1.29, 1.82) is 0 Å². The number of ether oxygens (including phenoxy) is 2. The molecule has 0 unspecified atom stereocenters. The van der Waals surface area contributed by atoms with Gasteiger partial charge >= 0.3 is 6.18 Å². The minimum Gasteiger partial charge on any atom is -0.496 e. The topological polar surface area (TPSA) is 88.9 Å². The Morgan fingerprint density at radius 2 is 1.58 bits per heavy atom. The van der Waals surface area contributed by atoms with E-state index in [1.807, 2.05) is 17.0 Å². The fourth-order valence-electron chi connectivity index (χ4n) is 6.83. The highest BCUT2D eigenvalue weighted by Crippen LogP contribution is 2.37. The Balaban J connectivity index is 0.00000260. The van der Waals surface area contributed by atoms with E-state index in [4.69, 9.17) is 9.47 Å². The number of rotatable bonds is 9. The van der Waals surface area contributed by atoms with E-state index < -0.39 is 12.0 Å². The van der Waals surface area contributed by atoms with E-state index in [0.717, 1.165) is 0 Å². The highest BCUT2D eigenvalue weighted by molar-refractivity contribution is 5.85. The minimum absolute atomic E-state index is 0. The first kappa shape index (κ1) is 37.1. The van der Waals surface area contributed by atoms with Gasteiger partial charge in [0.1, 0.15) is 12.4 Å². The van der Waals surface area contributed by atoms with Crippen LogP contribution < -0.4 is 4.74 Å². The van der Waals surface area contributed by atoms with Crippen LogP contribution in [-0.4, -0.2) is 106 Å². The fourth-order valence-corrected chi connectivity index (χ4v) is 6.83. The van der Waals surface area contributed by atoms with E-state index in [2.05, 4.69) is 73.9 Å². The Kier molecular flexibility index (Phi) is 12.4. The molecule has 3 heterocycles. The highest BCUT2D eigenvalue weighted by Gasteiger charge is 2.43. The van der Waals surface area contributed by atoms with Crippen LogP contribution in [0.4, 0.5) is 13.2 Å². The molecule has 2 aliphatic heterocycles. The van der Waals surface area contributed by atoms with E-state index in [1.54, 1.807) is 19.2 Å². The van der Waals surface area contributed by atoms with Crippen molar-refractivity contribution in [3.8, 4) is 11.4 Å². The molecule has 6 rings (SSSR count). The van der Waals surface area contributed by atoms with E-state index in [9.17, 15) is 18.0 Å². The van der Waals surface area contributed by atoms with Crippen LogP contribution >= 0.6 is 24.8 Å². The smallest absolute Gasteiger partial charge is 0.453 e. The molecule has 1 aromatic heterocycles. The van der Waals surface area contributed by atoms with Gasteiger partial charge in [0.2, 0.25) is 5.91 Å². The second-order valence-electron chi connectivity index (χ2n) is 11.6. The van der Waals surface area contributed by atoms with Crippen molar-refractivity contribution in [1.82, 2.24) is 34.9 Å². The van der Waals surface area contributed by atoms with Crippen molar-refractivity contribution in [2.24, 2.45) is 0 Å². The third-order valence-electron chi connectivity index (χ3n) is 8.82. The summed E-state index contributed by atoms with van der Waals surface area (Å²) in [5.41, 5.74) is 3.27. The predicted molar refractivity (Wildman–Crippen MR) is 178 cm³/mol. The standard InChI is InChI=1S/C33H36F3N7O3.2ClH/c1-45-22-30(44)41-15-16-42-27(20-41)19-40(21-28(42)31(23-9-5-3-6-10-23)24-11-7-4-8-12-24)18-25-17-26(13-14-29(25)46-2)43-32(33(34,35)36)37-38-39-43;;/h3-14,17,27-28,31H,15-16,18-22H2,1-2H3;2*1H/t27-,28+;;/m1../s1. The summed E-state index contributed by atoms with van der Waals surface area (Å²) in [6.07, 6.45) is -4.72.